The predicted octanol–water partition coefficient (Wildman–Crippen LogP) is 3.11. The fraction of sp³-hybridized carbons (Fsp3) is 0.312. The molecule has 1 aromatic carbocycles. The SMILES string of the molecule is CCOc1ccc(NCc2cccc(OC)n2)cc1OC. The number of nitrogens with zero attached hydrogens (tertiary/aromatic N) is 1. The van der Waals surface area contributed by atoms with Crippen molar-refractivity contribution < 1.29 is 14.2 Å². The third-order valence-corrected chi connectivity index (χ3v) is 2.93. The summed E-state index contributed by atoms with van der Waals surface area (Å²) in [5, 5.41) is 3.30. The average molecular weight is 288 g/mol. The van der Waals surface area contributed by atoms with Crippen LogP contribution in [-0.2, 0) is 6.54 Å². The number of ether oxygens (including phenoxy) is 3. The fourth-order valence-corrected chi connectivity index (χ4v) is 1.91. The molecule has 21 heavy (non-hydrogen) atoms. The van der Waals surface area contributed by atoms with Gasteiger partial charge in [-0.15, -0.1) is 0 Å². The number of benzene rings is 1. The Morgan fingerprint density at radius 2 is 1.90 bits per heavy atom. The van der Waals surface area contributed by atoms with Gasteiger partial charge in [-0.1, -0.05) is 6.07 Å². The second kappa shape index (κ2) is 7.38. The van der Waals surface area contributed by atoms with Crippen molar-refractivity contribution in [3.05, 3.63) is 42.1 Å². The lowest BCUT2D eigenvalue weighted by molar-refractivity contribution is 0.311. The summed E-state index contributed by atoms with van der Waals surface area (Å²) in [6.07, 6.45) is 0. The molecule has 0 bridgehead atoms. The Balaban J connectivity index is 2.05. The molecule has 5 heteroatoms. The summed E-state index contributed by atoms with van der Waals surface area (Å²) in [6, 6.07) is 11.4. The van der Waals surface area contributed by atoms with Crippen LogP contribution in [0.1, 0.15) is 12.6 Å². The molecule has 5 nitrogen and oxygen atoms in total. The zero-order valence-corrected chi connectivity index (χ0v) is 12.6. The maximum atomic E-state index is 5.49. The van der Waals surface area contributed by atoms with E-state index >= 15 is 0 Å². The van der Waals surface area contributed by atoms with Crippen LogP contribution in [-0.4, -0.2) is 25.8 Å². The fourth-order valence-electron chi connectivity index (χ4n) is 1.91. The second-order valence-electron chi connectivity index (χ2n) is 4.32. The van der Waals surface area contributed by atoms with Gasteiger partial charge in [-0.25, -0.2) is 4.98 Å². The Kier molecular flexibility index (Phi) is 5.26. The minimum absolute atomic E-state index is 0.605. The summed E-state index contributed by atoms with van der Waals surface area (Å²) < 4.78 is 15.9. The number of rotatable bonds is 7. The van der Waals surface area contributed by atoms with E-state index in [2.05, 4.69) is 10.3 Å². The van der Waals surface area contributed by atoms with Gasteiger partial charge in [-0.3, -0.25) is 0 Å². The molecule has 0 amide bonds. The summed E-state index contributed by atoms with van der Waals surface area (Å²) in [6.45, 7) is 3.16. The van der Waals surface area contributed by atoms with E-state index in [1.54, 1.807) is 14.2 Å². The molecule has 0 radical (unpaired) electrons. The van der Waals surface area contributed by atoms with Crippen molar-refractivity contribution in [2.24, 2.45) is 0 Å². The second-order valence-corrected chi connectivity index (χ2v) is 4.32. The van der Waals surface area contributed by atoms with E-state index in [9.17, 15) is 0 Å². The van der Waals surface area contributed by atoms with E-state index in [1.807, 2.05) is 43.3 Å². The van der Waals surface area contributed by atoms with Crippen molar-refractivity contribution >= 4 is 5.69 Å². The van der Waals surface area contributed by atoms with E-state index in [-0.39, 0.29) is 0 Å². The number of aromatic nitrogens is 1. The number of nitrogens with one attached hydrogen (secondary N) is 1. The Labute approximate surface area is 124 Å². The smallest absolute Gasteiger partial charge is 0.213 e. The van der Waals surface area contributed by atoms with E-state index in [0.717, 1.165) is 17.1 Å². The largest absolute Gasteiger partial charge is 0.493 e. The monoisotopic (exact) mass is 288 g/mol. The van der Waals surface area contributed by atoms with Gasteiger partial charge >= 0.3 is 0 Å². The summed E-state index contributed by atoms with van der Waals surface area (Å²) in [5.41, 5.74) is 1.85. The van der Waals surface area contributed by atoms with Gasteiger partial charge in [-0.2, -0.15) is 0 Å². The average Bonchev–Trinajstić information content (AvgIpc) is 2.54. The van der Waals surface area contributed by atoms with E-state index in [4.69, 9.17) is 14.2 Å². The van der Waals surface area contributed by atoms with Crippen molar-refractivity contribution in [1.82, 2.24) is 4.98 Å². The summed E-state index contributed by atoms with van der Waals surface area (Å²) in [5.74, 6) is 2.06. The highest BCUT2D eigenvalue weighted by molar-refractivity contribution is 5.54. The third kappa shape index (κ3) is 4.02. The number of methoxy groups -OCH3 is 2. The van der Waals surface area contributed by atoms with Crippen LogP contribution in [0.3, 0.4) is 0 Å². The molecule has 1 aromatic heterocycles. The lowest BCUT2D eigenvalue weighted by Crippen LogP contribution is -2.03. The van der Waals surface area contributed by atoms with E-state index in [1.165, 1.54) is 0 Å². The molecular weight excluding hydrogens is 268 g/mol. The van der Waals surface area contributed by atoms with Gasteiger partial charge in [0, 0.05) is 17.8 Å². The highest BCUT2D eigenvalue weighted by Crippen LogP contribution is 2.30. The molecule has 0 aliphatic heterocycles. The number of anilines is 1. The van der Waals surface area contributed by atoms with Gasteiger partial charge in [0.2, 0.25) is 5.88 Å². The molecular formula is C16H20N2O3. The van der Waals surface area contributed by atoms with Crippen LogP contribution in [0, 0.1) is 0 Å². The lowest BCUT2D eigenvalue weighted by atomic mass is 10.2. The molecule has 0 unspecified atom stereocenters. The molecule has 0 saturated heterocycles. The highest BCUT2D eigenvalue weighted by Gasteiger charge is 2.05. The van der Waals surface area contributed by atoms with E-state index in [0.29, 0.717) is 24.8 Å². The number of hydrogen-bond donors (Lipinski definition) is 1. The minimum atomic E-state index is 0.605. The van der Waals surface area contributed by atoms with Gasteiger partial charge in [-0.05, 0) is 25.1 Å². The van der Waals surface area contributed by atoms with Crippen LogP contribution in [0.5, 0.6) is 17.4 Å². The van der Waals surface area contributed by atoms with Gasteiger partial charge in [0.05, 0.1) is 33.1 Å². The Hall–Kier alpha value is -2.43. The Morgan fingerprint density at radius 1 is 1.05 bits per heavy atom. The van der Waals surface area contributed by atoms with Crippen LogP contribution in [0.2, 0.25) is 0 Å². The van der Waals surface area contributed by atoms with E-state index < -0.39 is 0 Å². The quantitative estimate of drug-likeness (QED) is 0.848. The molecule has 2 rings (SSSR count). The first kappa shape index (κ1) is 15.0. The lowest BCUT2D eigenvalue weighted by Gasteiger charge is -2.12. The van der Waals surface area contributed by atoms with Gasteiger partial charge in [0.25, 0.3) is 0 Å². The van der Waals surface area contributed by atoms with Crippen LogP contribution in [0.4, 0.5) is 5.69 Å². The van der Waals surface area contributed by atoms with Gasteiger partial charge in [0.1, 0.15) is 0 Å². The Morgan fingerprint density at radius 3 is 2.62 bits per heavy atom. The predicted molar refractivity (Wildman–Crippen MR) is 82.3 cm³/mol. The van der Waals surface area contributed by atoms with Crippen molar-refractivity contribution in [2.75, 3.05) is 26.1 Å². The molecule has 112 valence electrons. The standard InChI is InChI=1S/C16H20N2O3/c1-4-21-14-9-8-12(10-15(14)19-2)17-11-13-6-5-7-16(18-13)20-3/h5-10,17H,4,11H2,1-3H3. The van der Waals surface area contributed by atoms with Gasteiger partial charge in [0.15, 0.2) is 11.5 Å². The minimum Gasteiger partial charge on any atom is -0.493 e. The van der Waals surface area contributed by atoms with Crippen LogP contribution >= 0.6 is 0 Å². The molecule has 0 aliphatic carbocycles. The summed E-state index contributed by atoms with van der Waals surface area (Å²) in [7, 11) is 3.24. The molecule has 1 heterocycles. The van der Waals surface area contributed by atoms with Gasteiger partial charge < -0.3 is 19.5 Å². The third-order valence-electron chi connectivity index (χ3n) is 2.93. The zero-order chi connectivity index (χ0) is 15.1. The van der Waals surface area contributed by atoms with Crippen molar-refractivity contribution in [3.8, 4) is 17.4 Å². The number of hydrogen-bond acceptors (Lipinski definition) is 5. The topological polar surface area (TPSA) is 52.6 Å². The molecule has 0 saturated carbocycles. The molecule has 0 spiro atoms. The van der Waals surface area contributed by atoms with Crippen LogP contribution < -0.4 is 19.5 Å². The number of pyridine rings is 1. The molecule has 0 atom stereocenters. The molecule has 0 fully saturated rings. The van der Waals surface area contributed by atoms with Crippen LogP contribution in [0.25, 0.3) is 0 Å². The highest BCUT2D eigenvalue weighted by atomic mass is 16.5. The first-order valence-electron chi connectivity index (χ1n) is 6.81. The van der Waals surface area contributed by atoms with Crippen molar-refractivity contribution in [3.63, 3.8) is 0 Å². The summed E-state index contributed by atoms with van der Waals surface area (Å²) in [4.78, 5) is 4.36. The maximum absolute atomic E-state index is 5.49. The Bertz CT molecular complexity index is 587. The van der Waals surface area contributed by atoms with Crippen molar-refractivity contribution in [2.45, 2.75) is 13.5 Å². The molecule has 2 aromatic rings. The maximum Gasteiger partial charge on any atom is 0.213 e. The van der Waals surface area contributed by atoms with Crippen molar-refractivity contribution in [1.29, 1.82) is 0 Å². The first-order chi connectivity index (χ1) is 10.3. The zero-order valence-electron chi connectivity index (χ0n) is 12.6. The molecule has 1 N–H and O–H groups in total. The summed E-state index contributed by atoms with van der Waals surface area (Å²) >= 11 is 0. The van der Waals surface area contributed by atoms with Crippen LogP contribution in [0.15, 0.2) is 36.4 Å². The first-order valence-corrected chi connectivity index (χ1v) is 6.81. The normalized spacial score (nSPS) is 10.0. The molecule has 0 aliphatic rings.